The van der Waals surface area contributed by atoms with Gasteiger partial charge in [-0.1, -0.05) is 63.2 Å². The Bertz CT molecular complexity index is 1630. The fourth-order valence-electron chi connectivity index (χ4n) is 5.87. The molecule has 1 saturated heterocycles. The molecular formula is C38H51FN6O5. The van der Waals surface area contributed by atoms with Crippen LogP contribution in [0.5, 0.6) is 0 Å². The summed E-state index contributed by atoms with van der Waals surface area (Å²) in [5, 5.41) is 10.2. The Morgan fingerprint density at radius 2 is 1.70 bits per heavy atom. The number of hydrogen-bond donors (Lipinski definition) is 2. The number of likely N-dealkylation sites (tertiary alicyclic amines) is 1. The lowest BCUT2D eigenvalue weighted by atomic mass is 9.85. The number of nitrogens with one attached hydrogen (secondary N) is 2. The molecule has 0 unspecified atom stereocenters. The smallest absolute Gasteiger partial charge is 0.410 e. The molecule has 1 fully saturated rings. The summed E-state index contributed by atoms with van der Waals surface area (Å²) in [5.41, 5.74) is 1.33. The second-order valence-electron chi connectivity index (χ2n) is 15.1. The van der Waals surface area contributed by atoms with Gasteiger partial charge >= 0.3 is 6.09 Å². The van der Waals surface area contributed by atoms with Gasteiger partial charge in [0.25, 0.3) is 5.91 Å². The number of rotatable bonds is 11. The molecule has 3 aromatic rings. The highest BCUT2D eigenvalue weighted by atomic mass is 19.1. The van der Waals surface area contributed by atoms with E-state index in [-0.39, 0.29) is 35.9 Å². The molecule has 0 radical (unpaired) electrons. The molecule has 2 aromatic carbocycles. The standard InChI is InChI=1S/C38H51FN6O5/c1-25(43(8)36(49)50-38(5,6)7)33(46)40-32(37(2,3)4)35(48)45-21-12-15-29(45)24-44(22-20-26-16-18-28(39)19-17-26)34(47)31-23-30(41-42-31)27-13-10-9-11-14-27/h9-11,13-14,16-19,23,25,29,32H,12,15,20-22,24H2,1-8H3,(H,40,46)(H,41,42)/t25-,29-,32+/m0/s1. The van der Waals surface area contributed by atoms with Gasteiger partial charge in [-0.2, -0.15) is 5.10 Å². The lowest BCUT2D eigenvalue weighted by Gasteiger charge is -2.38. The summed E-state index contributed by atoms with van der Waals surface area (Å²) in [4.78, 5) is 59.1. The van der Waals surface area contributed by atoms with Crippen molar-refractivity contribution in [2.45, 2.75) is 91.5 Å². The molecule has 4 rings (SSSR count). The maximum absolute atomic E-state index is 14.3. The summed E-state index contributed by atoms with van der Waals surface area (Å²) in [6.07, 6.45) is 1.24. The van der Waals surface area contributed by atoms with E-state index in [1.54, 1.807) is 55.7 Å². The van der Waals surface area contributed by atoms with Crippen molar-refractivity contribution in [1.29, 1.82) is 0 Å². The van der Waals surface area contributed by atoms with Crippen LogP contribution in [-0.4, -0.2) is 99.1 Å². The number of amides is 4. The monoisotopic (exact) mass is 690 g/mol. The Morgan fingerprint density at radius 1 is 1.04 bits per heavy atom. The van der Waals surface area contributed by atoms with Crippen LogP contribution in [0.2, 0.25) is 0 Å². The van der Waals surface area contributed by atoms with E-state index in [2.05, 4.69) is 15.5 Å². The highest BCUT2D eigenvalue weighted by molar-refractivity contribution is 5.94. The van der Waals surface area contributed by atoms with Crippen molar-refractivity contribution in [3.8, 4) is 11.3 Å². The number of halogens is 1. The van der Waals surface area contributed by atoms with E-state index in [4.69, 9.17) is 4.74 Å². The van der Waals surface area contributed by atoms with E-state index in [9.17, 15) is 23.6 Å². The van der Waals surface area contributed by atoms with Gasteiger partial charge in [-0.25, -0.2) is 9.18 Å². The third kappa shape index (κ3) is 9.92. The molecule has 0 spiro atoms. The summed E-state index contributed by atoms with van der Waals surface area (Å²) in [6, 6.07) is 15.4. The summed E-state index contributed by atoms with van der Waals surface area (Å²) in [5.74, 6) is -1.36. The average Bonchev–Trinajstić information content (AvgIpc) is 3.74. The third-order valence-electron chi connectivity index (χ3n) is 8.89. The predicted molar refractivity (Wildman–Crippen MR) is 190 cm³/mol. The number of hydrogen-bond acceptors (Lipinski definition) is 6. The molecular weight excluding hydrogens is 639 g/mol. The molecule has 1 aliphatic rings. The van der Waals surface area contributed by atoms with Crippen molar-refractivity contribution in [2.75, 3.05) is 26.7 Å². The molecule has 4 amide bonds. The molecule has 0 bridgehead atoms. The van der Waals surface area contributed by atoms with Gasteiger partial charge in [0.15, 0.2) is 5.69 Å². The zero-order chi connectivity index (χ0) is 36.8. The number of aromatic amines is 1. The molecule has 0 aliphatic carbocycles. The summed E-state index contributed by atoms with van der Waals surface area (Å²) < 4.78 is 19.0. The number of carbonyl (C=O) groups is 4. The average molecular weight is 691 g/mol. The molecule has 1 aliphatic heterocycles. The van der Waals surface area contributed by atoms with Gasteiger partial charge < -0.3 is 19.9 Å². The molecule has 0 saturated carbocycles. The quantitative estimate of drug-likeness (QED) is 0.267. The van der Waals surface area contributed by atoms with E-state index < -0.39 is 35.1 Å². The number of H-pyrrole nitrogens is 1. The van der Waals surface area contributed by atoms with Crippen LogP contribution in [0.4, 0.5) is 9.18 Å². The number of ether oxygens (including phenoxy) is 1. The summed E-state index contributed by atoms with van der Waals surface area (Å²) in [7, 11) is 1.49. The minimum Gasteiger partial charge on any atom is -0.444 e. The maximum atomic E-state index is 14.3. The van der Waals surface area contributed by atoms with E-state index in [1.165, 1.54) is 24.1 Å². The first-order chi connectivity index (χ1) is 23.4. The lowest BCUT2D eigenvalue weighted by molar-refractivity contribution is -0.141. The van der Waals surface area contributed by atoms with Crippen molar-refractivity contribution in [1.82, 2.24) is 30.2 Å². The molecule has 50 heavy (non-hydrogen) atoms. The summed E-state index contributed by atoms with van der Waals surface area (Å²) >= 11 is 0. The molecule has 1 aromatic heterocycles. The van der Waals surface area contributed by atoms with Gasteiger partial charge in [0.1, 0.15) is 23.5 Å². The fraction of sp³-hybridized carbons (Fsp3) is 0.500. The lowest BCUT2D eigenvalue weighted by Crippen LogP contribution is -2.59. The van der Waals surface area contributed by atoms with Crippen LogP contribution in [0.3, 0.4) is 0 Å². The van der Waals surface area contributed by atoms with Gasteiger partial charge in [0, 0.05) is 32.7 Å². The zero-order valence-corrected chi connectivity index (χ0v) is 30.5. The molecule has 11 nitrogen and oxygen atoms in total. The number of benzene rings is 2. The highest BCUT2D eigenvalue weighted by Gasteiger charge is 2.41. The van der Waals surface area contributed by atoms with Gasteiger partial charge in [0.05, 0.1) is 5.69 Å². The van der Waals surface area contributed by atoms with E-state index in [0.717, 1.165) is 17.5 Å². The Morgan fingerprint density at radius 3 is 2.32 bits per heavy atom. The van der Waals surface area contributed by atoms with Gasteiger partial charge in [-0.3, -0.25) is 24.4 Å². The van der Waals surface area contributed by atoms with Crippen molar-refractivity contribution < 1.29 is 28.3 Å². The third-order valence-corrected chi connectivity index (χ3v) is 8.89. The number of aromatic nitrogens is 2. The maximum Gasteiger partial charge on any atom is 0.410 e. The Kier molecular flexibility index (Phi) is 12.1. The second-order valence-corrected chi connectivity index (χ2v) is 15.1. The van der Waals surface area contributed by atoms with Crippen molar-refractivity contribution in [3.05, 3.63) is 77.7 Å². The van der Waals surface area contributed by atoms with Crippen molar-refractivity contribution >= 4 is 23.8 Å². The second kappa shape index (κ2) is 15.9. The Labute approximate surface area is 294 Å². The predicted octanol–water partition coefficient (Wildman–Crippen LogP) is 5.68. The minimum absolute atomic E-state index is 0.252. The van der Waals surface area contributed by atoms with Crippen molar-refractivity contribution in [2.24, 2.45) is 5.41 Å². The first kappa shape index (κ1) is 38.1. The first-order valence-corrected chi connectivity index (χ1v) is 17.2. The number of likely N-dealkylation sites (N-methyl/N-ethyl adjacent to an activating group) is 1. The topological polar surface area (TPSA) is 128 Å². The summed E-state index contributed by atoms with van der Waals surface area (Å²) in [6.45, 7) is 13.5. The zero-order valence-electron chi connectivity index (χ0n) is 30.5. The minimum atomic E-state index is -0.897. The Hall–Kier alpha value is -4.74. The van der Waals surface area contributed by atoms with E-state index in [0.29, 0.717) is 31.6 Å². The molecule has 12 heteroatoms. The van der Waals surface area contributed by atoms with Crippen LogP contribution in [0, 0.1) is 11.2 Å². The normalized spacial score (nSPS) is 16.0. The van der Waals surface area contributed by atoms with Crippen molar-refractivity contribution in [3.63, 3.8) is 0 Å². The first-order valence-electron chi connectivity index (χ1n) is 17.2. The van der Waals surface area contributed by atoms with Crippen LogP contribution >= 0.6 is 0 Å². The highest BCUT2D eigenvalue weighted by Crippen LogP contribution is 2.27. The van der Waals surface area contributed by atoms with Gasteiger partial charge in [-0.15, -0.1) is 0 Å². The fourth-order valence-corrected chi connectivity index (χ4v) is 5.87. The van der Waals surface area contributed by atoms with Crippen LogP contribution in [0.1, 0.15) is 77.4 Å². The SMILES string of the molecule is C[C@@H](C(=O)N[C@H](C(=O)N1CCC[C@H]1CN(CCc1ccc(F)cc1)C(=O)c1cc(-c2ccccc2)[nH]n1)C(C)(C)C)N(C)C(=O)OC(C)(C)C. The molecule has 2 heterocycles. The van der Waals surface area contributed by atoms with E-state index >= 15 is 0 Å². The molecule has 3 atom stereocenters. The van der Waals surface area contributed by atoms with Gasteiger partial charge in [0.2, 0.25) is 11.8 Å². The van der Waals surface area contributed by atoms with Gasteiger partial charge in [-0.05, 0) is 81.7 Å². The Balaban J connectivity index is 1.53. The molecule has 270 valence electrons. The van der Waals surface area contributed by atoms with Crippen LogP contribution in [0.15, 0.2) is 60.7 Å². The molecule has 2 N–H and O–H groups in total. The van der Waals surface area contributed by atoms with Crippen LogP contribution < -0.4 is 5.32 Å². The van der Waals surface area contributed by atoms with Crippen LogP contribution in [-0.2, 0) is 20.7 Å². The number of nitrogens with zero attached hydrogens (tertiary/aromatic N) is 4. The number of carbonyl (C=O) groups excluding carboxylic acids is 4. The van der Waals surface area contributed by atoms with Crippen LogP contribution in [0.25, 0.3) is 11.3 Å². The van der Waals surface area contributed by atoms with E-state index in [1.807, 2.05) is 51.1 Å². The largest absolute Gasteiger partial charge is 0.444 e.